The largest absolute Gasteiger partial charge is 0.454 e. The van der Waals surface area contributed by atoms with Crippen LogP contribution in [0.5, 0.6) is 11.5 Å². The molecule has 0 spiro atoms. The first-order chi connectivity index (χ1) is 14.5. The van der Waals surface area contributed by atoms with E-state index >= 15 is 0 Å². The molecule has 0 saturated heterocycles. The van der Waals surface area contributed by atoms with Crippen LogP contribution in [0.3, 0.4) is 0 Å². The van der Waals surface area contributed by atoms with E-state index in [2.05, 4.69) is 38.2 Å². The second kappa shape index (κ2) is 8.78. The highest BCUT2D eigenvalue weighted by Crippen LogP contribution is 2.36. The molecule has 1 N–H and O–H groups in total. The summed E-state index contributed by atoms with van der Waals surface area (Å²) in [6.45, 7) is 9.63. The minimum Gasteiger partial charge on any atom is -0.454 e. The van der Waals surface area contributed by atoms with Crippen molar-refractivity contribution in [3.05, 3.63) is 53.6 Å². The van der Waals surface area contributed by atoms with Gasteiger partial charge in [0.05, 0.1) is 17.5 Å². The van der Waals surface area contributed by atoms with E-state index in [0.717, 1.165) is 9.87 Å². The SMILES string of the molecule is CCS(=O)(=O)N(CC(=O)NC(C)c1ccc(C(C)(C)C)cc1)c1ccc2c(c1)OCO2. The van der Waals surface area contributed by atoms with Crippen molar-refractivity contribution in [2.24, 2.45) is 0 Å². The predicted octanol–water partition coefficient (Wildman–Crippen LogP) is 3.75. The van der Waals surface area contributed by atoms with Gasteiger partial charge in [0.25, 0.3) is 0 Å². The third-order valence-corrected chi connectivity index (χ3v) is 7.03. The molecule has 31 heavy (non-hydrogen) atoms. The lowest BCUT2D eigenvalue weighted by atomic mass is 9.86. The highest BCUT2D eigenvalue weighted by Gasteiger charge is 2.26. The van der Waals surface area contributed by atoms with E-state index in [4.69, 9.17) is 9.47 Å². The average molecular weight is 447 g/mol. The number of hydrogen-bond acceptors (Lipinski definition) is 5. The highest BCUT2D eigenvalue weighted by molar-refractivity contribution is 7.92. The van der Waals surface area contributed by atoms with Crippen LogP contribution in [0, 0.1) is 0 Å². The molecule has 1 aliphatic rings. The number of hydrogen-bond donors (Lipinski definition) is 1. The Labute approximate surface area is 184 Å². The Morgan fingerprint density at radius 2 is 1.74 bits per heavy atom. The fraction of sp³-hybridized carbons (Fsp3) is 0.435. The van der Waals surface area contributed by atoms with Crippen molar-refractivity contribution in [3.63, 3.8) is 0 Å². The lowest BCUT2D eigenvalue weighted by Gasteiger charge is -2.25. The Balaban J connectivity index is 1.75. The molecule has 0 bridgehead atoms. The number of fused-ring (bicyclic) bond motifs is 1. The lowest BCUT2D eigenvalue weighted by molar-refractivity contribution is -0.120. The maximum absolute atomic E-state index is 12.8. The number of carbonyl (C=O) groups is 1. The number of benzene rings is 2. The van der Waals surface area contributed by atoms with Crippen molar-refractivity contribution in [2.75, 3.05) is 23.4 Å². The summed E-state index contributed by atoms with van der Waals surface area (Å²) in [5.74, 6) is 0.497. The summed E-state index contributed by atoms with van der Waals surface area (Å²) in [6.07, 6.45) is 0. The molecule has 0 aromatic heterocycles. The lowest BCUT2D eigenvalue weighted by Crippen LogP contribution is -2.42. The summed E-state index contributed by atoms with van der Waals surface area (Å²) in [6, 6.07) is 12.7. The summed E-state index contributed by atoms with van der Waals surface area (Å²) in [7, 11) is -3.67. The van der Waals surface area contributed by atoms with Crippen molar-refractivity contribution in [2.45, 2.75) is 46.1 Å². The zero-order chi connectivity index (χ0) is 22.8. The van der Waals surface area contributed by atoms with E-state index in [1.54, 1.807) is 25.1 Å². The van der Waals surface area contributed by atoms with Crippen LogP contribution < -0.4 is 19.1 Å². The molecule has 3 rings (SSSR count). The molecule has 1 atom stereocenters. The maximum atomic E-state index is 12.8. The van der Waals surface area contributed by atoms with Gasteiger partial charge < -0.3 is 14.8 Å². The van der Waals surface area contributed by atoms with E-state index in [0.29, 0.717) is 17.2 Å². The fourth-order valence-electron chi connectivity index (χ4n) is 3.32. The fourth-order valence-corrected chi connectivity index (χ4v) is 4.38. The van der Waals surface area contributed by atoms with Gasteiger partial charge in [-0.1, -0.05) is 45.0 Å². The normalized spacial score (nSPS) is 14.2. The Hall–Kier alpha value is -2.74. The Kier molecular flexibility index (Phi) is 6.50. The molecule has 1 heterocycles. The summed E-state index contributed by atoms with van der Waals surface area (Å²) in [4.78, 5) is 12.8. The summed E-state index contributed by atoms with van der Waals surface area (Å²) >= 11 is 0. The minimum absolute atomic E-state index is 0.0463. The van der Waals surface area contributed by atoms with Crippen molar-refractivity contribution in [3.8, 4) is 11.5 Å². The molecule has 1 unspecified atom stereocenters. The van der Waals surface area contributed by atoms with Crippen LogP contribution in [0.15, 0.2) is 42.5 Å². The first-order valence-corrected chi connectivity index (χ1v) is 11.9. The molecule has 8 heteroatoms. The van der Waals surface area contributed by atoms with Crippen LogP contribution >= 0.6 is 0 Å². The maximum Gasteiger partial charge on any atom is 0.241 e. The Morgan fingerprint density at radius 1 is 1.10 bits per heavy atom. The zero-order valence-electron chi connectivity index (χ0n) is 18.6. The topological polar surface area (TPSA) is 84.9 Å². The average Bonchev–Trinajstić information content (AvgIpc) is 3.19. The molecule has 2 aromatic carbocycles. The number of nitrogens with one attached hydrogen (secondary N) is 1. The monoisotopic (exact) mass is 446 g/mol. The van der Waals surface area contributed by atoms with Crippen LogP contribution in [0.2, 0.25) is 0 Å². The van der Waals surface area contributed by atoms with Crippen LogP contribution in [-0.4, -0.2) is 33.4 Å². The third kappa shape index (κ3) is 5.31. The van der Waals surface area contributed by atoms with Gasteiger partial charge in [-0.15, -0.1) is 0 Å². The van der Waals surface area contributed by atoms with Gasteiger partial charge in [-0.25, -0.2) is 8.42 Å². The van der Waals surface area contributed by atoms with E-state index in [9.17, 15) is 13.2 Å². The number of sulfonamides is 1. The molecule has 0 aliphatic carbocycles. The minimum atomic E-state index is -3.67. The molecule has 1 amide bonds. The van der Waals surface area contributed by atoms with Gasteiger partial charge in [0.1, 0.15) is 6.54 Å². The predicted molar refractivity (Wildman–Crippen MR) is 121 cm³/mol. The van der Waals surface area contributed by atoms with Crippen LogP contribution in [0.25, 0.3) is 0 Å². The van der Waals surface area contributed by atoms with E-state index in [1.165, 1.54) is 5.56 Å². The standard InChI is InChI=1S/C23H30N2O5S/c1-6-31(27,28)25(19-11-12-20-21(13-19)30-15-29-20)14-22(26)24-16(2)17-7-9-18(10-8-17)23(3,4)5/h7-13,16H,6,14-15H2,1-5H3,(H,24,26). The van der Waals surface area contributed by atoms with Crippen LogP contribution in [0.4, 0.5) is 5.69 Å². The molecule has 0 fully saturated rings. The summed E-state index contributed by atoms with van der Waals surface area (Å²) < 4.78 is 37.1. The van der Waals surface area contributed by atoms with Gasteiger partial charge in [0.15, 0.2) is 11.5 Å². The smallest absolute Gasteiger partial charge is 0.241 e. The van der Waals surface area contributed by atoms with Crippen LogP contribution in [0.1, 0.15) is 51.8 Å². The van der Waals surface area contributed by atoms with Gasteiger partial charge in [-0.2, -0.15) is 0 Å². The van der Waals surface area contributed by atoms with Gasteiger partial charge in [-0.3, -0.25) is 9.10 Å². The van der Waals surface area contributed by atoms with Gasteiger partial charge in [0.2, 0.25) is 22.7 Å². The number of rotatable bonds is 7. The van der Waals surface area contributed by atoms with Crippen molar-refractivity contribution < 1.29 is 22.7 Å². The zero-order valence-corrected chi connectivity index (χ0v) is 19.5. The van der Waals surface area contributed by atoms with Gasteiger partial charge in [0, 0.05) is 6.07 Å². The molecule has 2 aromatic rings. The molecular weight excluding hydrogens is 416 g/mol. The van der Waals surface area contributed by atoms with E-state index < -0.39 is 10.0 Å². The molecule has 168 valence electrons. The second-order valence-electron chi connectivity index (χ2n) is 8.61. The second-order valence-corrected chi connectivity index (χ2v) is 10.8. The van der Waals surface area contributed by atoms with Crippen molar-refractivity contribution >= 4 is 21.6 Å². The number of ether oxygens (including phenoxy) is 2. The number of nitrogens with zero attached hydrogens (tertiary/aromatic N) is 1. The number of carbonyl (C=O) groups excluding carboxylic acids is 1. The molecule has 0 radical (unpaired) electrons. The Bertz CT molecular complexity index is 1040. The van der Waals surface area contributed by atoms with E-state index in [1.807, 2.05) is 19.1 Å². The molecular formula is C23H30N2O5S. The molecule has 0 saturated carbocycles. The Morgan fingerprint density at radius 3 is 2.35 bits per heavy atom. The quantitative estimate of drug-likeness (QED) is 0.700. The first kappa shape index (κ1) is 22.9. The van der Waals surface area contributed by atoms with E-state index in [-0.39, 0.29) is 36.5 Å². The van der Waals surface area contributed by atoms with Crippen molar-refractivity contribution in [1.29, 1.82) is 0 Å². The highest BCUT2D eigenvalue weighted by atomic mass is 32.2. The number of amides is 1. The number of anilines is 1. The van der Waals surface area contributed by atoms with Crippen LogP contribution in [-0.2, 0) is 20.2 Å². The van der Waals surface area contributed by atoms with Gasteiger partial charge in [-0.05, 0) is 42.5 Å². The summed E-state index contributed by atoms with van der Waals surface area (Å²) in [5.41, 5.74) is 2.57. The van der Waals surface area contributed by atoms with Gasteiger partial charge >= 0.3 is 0 Å². The third-order valence-electron chi connectivity index (χ3n) is 5.29. The molecule has 1 aliphatic heterocycles. The first-order valence-electron chi connectivity index (χ1n) is 10.3. The summed E-state index contributed by atoms with van der Waals surface area (Å²) in [5, 5.41) is 2.90. The molecule has 7 nitrogen and oxygen atoms in total. The van der Waals surface area contributed by atoms with Crippen molar-refractivity contribution in [1.82, 2.24) is 5.32 Å².